The van der Waals surface area contributed by atoms with Gasteiger partial charge in [0.2, 0.25) is 0 Å². The summed E-state index contributed by atoms with van der Waals surface area (Å²) in [6, 6.07) is 14.9. The molecule has 2 aromatic carbocycles. The van der Waals surface area contributed by atoms with Gasteiger partial charge in [0.1, 0.15) is 0 Å². The van der Waals surface area contributed by atoms with Crippen molar-refractivity contribution in [1.82, 2.24) is 0 Å². The van der Waals surface area contributed by atoms with Crippen LogP contribution in [0.25, 0.3) is 10.4 Å². The molecule has 0 fully saturated rings. The smallest absolute Gasteiger partial charge is 0.255 e. The fourth-order valence-corrected chi connectivity index (χ4v) is 5.78. The SMILES string of the molecule is Nc1ccc(-c2ccc(F)s2)cc1NC(=O)c1ccc(S2(=O)=NCCC2)cc1. The molecule has 4 rings (SSSR count). The predicted molar refractivity (Wildman–Crippen MR) is 112 cm³/mol. The van der Waals surface area contributed by atoms with Crippen molar-refractivity contribution in [2.24, 2.45) is 4.36 Å². The minimum absolute atomic E-state index is 0.273. The summed E-state index contributed by atoms with van der Waals surface area (Å²) in [7, 11) is -2.33. The van der Waals surface area contributed by atoms with E-state index in [2.05, 4.69) is 9.68 Å². The fraction of sp³-hybridized carbons (Fsp3) is 0.150. The molecule has 28 heavy (non-hydrogen) atoms. The van der Waals surface area contributed by atoms with E-state index in [9.17, 15) is 13.4 Å². The van der Waals surface area contributed by atoms with Gasteiger partial charge in [0, 0.05) is 27.6 Å². The van der Waals surface area contributed by atoms with Crippen LogP contribution in [0.2, 0.25) is 0 Å². The number of nitrogen functional groups attached to an aromatic ring is 1. The number of nitrogens with one attached hydrogen (secondary N) is 1. The molecule has 8 heteroatoms. The van der Waals surface area contributed by atoms with Crippen LogP contribution in [0.5, 0.6) is 0 Å². The number of nitrogens with zero attached hydrogens (tertiary/aromatic N) is 1. The number of benzene rings is 2. The van der Waals surface area contributed by atoms with E-state index in [-0.39, 0.29) is 11.0 Å². The van der Waals surface area contributed by atoms with Crippen molar-refractivity contribution in [2.45, 2.75) is 11.3 Å². The minimum atomic E-state index is -2.33. The largest absolute Gasteiger partial charge is 0.397 e. The van der Waals surface area contributed by atoms with Crippen molar-refractivity contribution < 1.29 is 13.4 Å². The number of carbonyl (C=O) groups excluding carboxylic acids is 1. The predicted octanol–water partition coefficient (Wildman–Crippen LogP) is 4.62. The molecule has 3 N–H and O–H groups in total. The Kier molecular flexibility index (Phi) is 4.91. The Hall–Kier alpha value is -2.71. The second-order valence-corrected chi connectivity index (χ2v) is 9.89. The second-order valence-electron chi connectivity index (χ2n) is 6.44. The summed E-state index contributed by atoms with van der Waals surface area (Å²) in [4.78, 5) is 14.0. The third-order valence-electron chi connectivity index (χ3n) is 4.52. The minimum Gasteiger partial charge on any atom is -0.397 e. The summed E-state index contributed by atoms with van der Waals surface area (Å²) >= 11 is 1.03. The standard InChI is InChI=1S/C20H18FN3O2S2/c21-19-9-8-18(27-19)14-4-7-16(22)17(12-14)24-20(25)13-2-5-15(6-3-13)28(26)11-1-10-23-28/h2-9,12H,1,10-11,22H2,(H,24,25). The van der Waals surface area contributed by atoms with Crippen molar-refractivity contribution in [1.29, 1.82) is 0 Å². The first-order chi connectivity index (χ1) is 13.4. The van der Waals surface area contributed by atoms with Crippen LogP contribution < -0.4 is 11.1 Å². The van der Waals surface area contributed by atoms with E-state index in [4.69, 9.17) is 5.73 Å². The molecule has 0 saturated carbocycles. The maximum atomic E-state index is 13.3. The lowest BCUT2D eigenvalue weighted by molar-refractivity contribution is 0.102. The van der Waals surface area contributed by atoms with Crippen molar-refractivity contribution in [3.05, 3.63) is 65.3 Å². The van der Waals surface area contributed by atoms with E-state index >= 15 is 0 Å². The van der Waals surface area contributed by atoms with Gasteiger partial charge >= 0.3 is 0 Å². The Labute approximate surface area is 166 Å². The highest BCUT2D eigenvalue weighted by Crippen LogP contribution is 2.32. The molecule has 1 unspecified atom stereocenters. The lowest BCUT2D eigenvalue weighted by Crippen LogP contribution is -2.13. The summed E-state index contributed by atoms with van der Waals surface area (Å²) in [5.41, 5.74) is 8.06. The van der Waals surface area contributed by atoms with Gasteiger partial charge in [0.25, 0.3) is 5.91 Å². The molecule has 0 aliphatic carbocycles. The first-order valence-electron chi connectivity index (χ1n) is 8.72. The molecule has 1 aliphatic heterocycles. The third-order valence-corrected chi connectivity index (χ3v) is 7.90. The van der Waals surface area contributed by atoms with Crippen molar-refractivity contribution in [3.8, 4) is 10.4 Å². The van der Waals surface area contributed by atoms with Gasteiger partial charge in [-0.2, -0.15) is 4.39 Å². The van der Waals surface area contributed by atoms with Crippen LogP contribution in [-0.2, 0) is 9.73 Å². The van der Waals surface area contributed by atoms with Crippen LogP contribution >= 0.6 is 11.3 Å². The Balaban J connectivity index is 1.56. The lowest BCUT2D eigenvalue weighted by atomic mass is 10.1. The number of hydrogen-bond donors (Lipinski definition) is 2. The molecular weight excluding hydrogens is 397 g/mol. The number of nitrogens with two attached hydrogens (primary N) is 1. The van der Waals surface area contributed by atoms with Gasteiger partial charge in [0.15, 0.2) is 5.13 Å². The number of thiophene rings is 1. The van der Waals surface area contributed by atoms with E-state index in [1.165, 1.54) is 6.07 Å². The van der Waals surface area contributed by atoms with Gasteiger partial charge in [-0.05, 0) is 60.5 Å². The van der Waals surface area contributed by atoms with Crippen LogP contribution in [0.15, 0.2) is 63.9 Å². The molecule has 2 heterocycles. The zero-order chi connectivity index (χ0) is 19.7. The normalized spacial score (nSPS) is 18.6. The summed E-state index contributed by atoms with van der Waals surface area (Å²) < 4.78 is 30.2. The topological polar surface area (TPSA) is 84.5 Å². The highest BCUT2D eigenvalue weighted by atomic mass is 32.2. The third kappa shape index (κ3) is 3.65. The van der Waals surface area contributed by atoms with Crippen LogP contribution in [0.3, 0.4) is 0 Å². The van der Waals surface area contributed by atoms with Gasteiger partial charge in [-0.3, -0.25) is 4.79 Å². The summed E-state index contributed by atoms with van der Waals surface area (Å²) in [6.07, 6.45) is 0.824. The van der Waals surface area contributed by atoms with E-state index in [1.54, 1.807) is 48.5 Å². The summed E-state index contributed by atoms with van der Waals surface area (Å²) in [6.45, 7) is 0.616. The Morgan fingerprint density at radius 3 is 2.57 bits per heavy atom. The Bertz CT molecular complexity index is 1160. The van der Waals surface area contributed by atoms with Crippen LogP contribution in [0.1, 0.15) is 16.8 Å². The van der Waals surface area contributed by atoms with Gasteiger partial charge in [0.05, 0.1) is 21.1 Å². The van der Waals surface area contributed by atoms with Gasteiger partial charge in [-0.15, -0.1) is 11.3 Å². The number of anilines is 2. The molecule has 1 aromatic heterocycles. The molecule has 1 atom stereocenters. The maximum absolute atomic E-state index is 13.3. The first-order valence-corrected chi connectivity index (χ1v) is 11.2. The highest BCUT2D eigenvalue weighted by Gasteiger charge is 2.18. The van der Waals surface area contributed by atoms with Crippen molar-refractivity contribution >= 4 is 38.3 Å². The highest BCUT2D eigenvalue weighted by molar-refractivity contribution is 7.93. The van der Waals surface area contributed by atoms with Gasteiger partial charge in [-0.25, -0.2) is 8.57 Å². The van der Waals surface area contributed by atoms with E-state index < -0.39 is 9.73 Å². The quantitative estimate of drug-likeness (QED) is 0.610. The summed E-state index contributed by atoms with van der Waals surface area (Å²) in [5, 5.41) is 2.52. The van der Waals surface area contributed by atoms with Gasteiger partial charge in [-0.1, -0.05) is 6.07 Å². The summed E-state index contributed by atoms with van der Waals surface area (Å²) in [5.74, 6) is 0.233. The van der Waals surface area contributed by atoms with Crippen molar-refractivity contribution in [3.63, 3.8) is 0 Å². The van der Waals surface area contributed by atoms with E-state index in [0.717, 1.165) is 28.2 Å². The molecular formula is C20H18FN3O2S2. The molecule has 1 aliphatic rings. The van der Waals surface area contributed by atoms with Crippen LogP contribution in [0.4, 0.5) is 15.8 Å². The van der Waals surface area contributed by atoms with Gasteiger partial charge < -0.3 is 11.1 Å². The number of rotatable bonds is 4. The molecule has 1 amide bonds. The van der Waals surface area contributed by atoms with E-state index in [0.29, 0.717) is 34.1 Å². The fourth-order valence-electron chi connectivity index (χ4n) is 3.03. The number of amides is 1. The molecule has 144 valence electrons. The van der Waals surface area contributed by atoms with E-state index in [1.807, 2.05) is 0 Å². The average molecular weight is 416 g/mol. The number of halogens is 1. The van der Waals surface area contributed by atoms with Crippen LogP contribution in [0, 0.1) is 5.13 Å². The number of hydrogen-bond acceptors (Lipinski definition) is 5. The zero-order valence-corrected chi connectivity index (χ0v) is 16.5. The number of carbonyl (C=O) groups is 1. The molecule has 0 radical (unpaired) electrons. The lowest BCUT2D eigenvalue weighted by Gasteiger charge is -2.11. The second kappa shape index (κ2) is 7.37. The Morgan fingerprint density at radius 2 is 1.93 bits per heavy atom. The molecule has 0 bridgehead atoms. The monoisotopic (exact) mass is 415 g/mol. The Morgan fingerprint density at radius 1 is 1.14 bits per heavy atom. The molecule has 0 spiro atoms. The average Bonchev–Trinajstić information content (AvgIpc) is 3.33. The molecule has 3 aromatic rings. The zero-order valence-electron chi connectivity index (χ0n) is 14.9. The molecule has 5 nitrogen and oxygen atoms in total. The first kappa shape index (κ1) is 18.6. The van der Waals surface area contributed by atoms with Crippen molar-refractivity contribution in [2.75, 3.05) is 23.3 Å². The molecule has 0 saturated heterocycles. The maximum Gasteiger partial charge on any atom is 0.255 e. The van der Waals surface area contributed by atoms with Crippen LogP contribution in [-0.4, -0.2) is 22.4 Å².